The van der Waals surface area contributed by atoms with Crippen LogP contribution in [0.3, 0.4) is 0 Å². The second kappa shape index (κ2) is 10.4. The summed E-state index contributed by atoms with van der Waals surface area (Å²) in [6.45, 7) is 4.52. The molecule has 2 aromatic carbocycles. The van der Waals surface area contributed by atoms with Gasteiger partial charge in [0.05, 0.1) is 25.5 Å². The van der Waals surface area contributed by atoms with Gasteiger partial charge in [0.15, 0.2) is 0 Å². The maximum Gasteiger partial charge on any atom is 0.254 e. The van der Waals surface area contributed by atoms with Crippen molar-refractivity contribution >= 4 is 29.1 Å². The Morgan fingerprint density at radius 3 is 2.48 bits per heavy atom. The molecule has 2 heterocycles. The molecule has 3 amide bonds. The third kappa shape index (κ3) is 5.46. The number of nitrogens with one attached hydrogen (secondary N) is 1. The molecule has 0 aromatic heterocycles. The molecule has 0 saturated carbocycles. The van der Waals surface area contributed by atoms with Gasteiger partial charge in [-0.05, 0) is 30.2 Å². The molecule has 0 aliphatic carbocycles. The van der Waals surface area contributed by atoms with Crippen molar-refractivity contribution in [1.82, 2.24) is 9.91 Å². The Balaban J connectivity index is 1.32. The van der Waals surface area contributed by atoms with Crippen molar-refractivity contribution in [3.05, 3.63) is 65.2 Å². The SMILES string of the molecule is Cc1c(NC(=O)CCC(=O)N2CCC(c3ccccc3)=N2)cccc1C(=O)N1CCOCC1. The molecule has 0 unspecified atom stereocenters. The van der Waals surface area contributed by atoms with Crippen LogP contribution in [0.5, 0.6) is 0 Å². The molecule has 0 bridgehead atoms. The van der Waals surface area contributed by atoms with E-state index in [1.54, 1.807) is 23.1 Å². The van der Waals surface area contributed by atoms with Gasteiger partial charge >= 0.3 is 0 Å². The fourth-order valence-electron chi connectivity index (χ4n) is 3.97. The van der Waals surface area contributed by atoms with Crippen LogP contribution < -0.4 is 5.32 Å². The van der Waals surface area contributed by atoms with Crippen molar-refractivity contribution in [2.75, 3.05) is 38.2 Å². The summed E-state index contributed by atoms with van der Waals surface area (Å²) in [5.74, 6) is -0.513. The fourth-order valence-corrected chi connectivity index (χ4v) is 3.97. The number of benzene rings is 2. The molecule has 0 atom stereocenters. The summed E-state index contributed by atoms with van der Waals surface area (Å²) in [6, 6.07) is 15.1. The maximum absolute atomic E-state index is 12.8. The van der Waals surface area contributed by atoms with Gasteiger partial charge in [-0.2, -0.15) is 5.10 Å². The van der Waals surface area contributed by atoms with Crippen molar-refractivity contribution in [2.45, 2.75) is 26.2 Å². The quantitative estimate of drug-likeness (QED) is 0.736. The zero-order chi connectivity index (χ0) is 23.2. The largest absolute Gasteiger partial charge is 0.378 e. The van der Waals surface area contributed by atoms with Crippen LogP contribution in [0.15, 0.2) is 53.6 Å². The highest BCUT2D eigenvalue weighted by Gasteiger charge is 2.23. The van der Waals surface area contributed by atoms with Gasteiger partial charge in [-0.3, -0.25) is 14.4 Å². The Kier molecular flexibility index (Phi) is 7.14. The molecular formula is C25H28N4O4. The average Bonchev–Trinajstić information content (AvgIpc) is 3.35. The van der Waals surface area contributed by atoms with Crippen LogP contribution in [0, 0.1) is 6.92 Å². The van der Waals surface area contributed by atoms with Crippen LogP contribution in [0.1, 0.15) is 40.7 Å². The summed E-state index contributed by atoms with van der Waals surface area (Å²) in [7, 11) is 0. The maximum atomic E-state index is 12.8. The van der Waals surface area contributed by atoms with Crippen LogP contribution in [0.2, 0.25) is 0 Å². The highest BCUT2D eigenvalue weighted by Crippen LogP contribution is 2.22. The number of rotatable bonds is 6. The van der Waals surface area contributed by atoms with E-state index in [0.29, 0.717) is 56.1 Å². The number of anilines is 1. The van der Waals surface area contributed by atoms with E-state index in [1.165, 1.54) is 5.01 Å². The number of hydrazone groups is 1. The molecule has 2 aliphatic heterocycles. The third-order valence-corrected chi connectivity index (χ3v) is 5.90. The predicted octanol–water partition coefficient (Wildman–Crippen LogP) is 2.82. The zero-order valence-corrected chi connectivity index (χ0v) is 18.8. The smallest absolute Gasteiger partial charge is 0.254 e. The number of hydrogen-bond donors (Lipinski definition) is 1. The van der Waals surface area contributed by atoms with Crippen LogP contribution >= 0.6 is 0 Å². The standard InChI is InChI=1S/C25H28N4O4/c1-18-20(25(32)28-14-16-33-17-15-28)8-5-9-21(18)26-23(30)10-11-24(31)29-13-12-22(27-29)19-6-3-2-4-7-19/h2-9H,10-17H2,1H3,(H,26,30). The Hall–Kier alpha value is -3.52. The van der Waals surface area contributed by atoms with Gasteiger partial charge in [0.25, 0.3) is 5.91 Å². The lowest BCUT2D eigenvalue weighted by atomic mass is 10.0. The molecule has 2 aliphatic rings. The second-order valence-electron chi connectivity index (χ2n) is 8.11. The van der Waals surface area contributed by atoms with Gasteiger partial charge in [-0.1, -0.05) is 36.4 Å². The second-order valence-corrected chi connectivity index (χ2v) is 8.11. The van der Waals surface area contributed by atoms with Gasteiger partial charge in [-0.25, -0.2) is 5.01 Å². The van der Waals surface area contributed by atoms with Crippen LogP contribution in [-0.4, -0.2) is 66.2 Å². The molecule has 0 radical (unpaired) electrons. The predicted molar refractivity (Wildman–Crippen MR) is 125 cm³/mol. The first-order valence-corrected chi connectivity index (χ1v) is 11.2. The number of amides is 3. The van der Waals surface area contributed by atoms with Crippen molar-refractivity contribution in [1.29, 1.82) is 0 Å². The summed E-state index contributed by atoms with van der Waals surface area (Å²) in [5.41, 5.74) is 3.74. The first kappa shape index (κ1) is 22.7. The lowest BCUT2D eigenvalue weighted by Crippen LogP contribution is -2.41. The lowest BCUT2D eigenvalue weighted by molar-refractivity contribution is -0.132. The molecule has 1 fully saturated rings. The van der Waals surface area contributed by atoms with Crippen molar-refractivity contribution in [3.63, 3.8) is 0 Å². The lowest BCUT2D eigenvalue weighted by Gasteiger charge is -2.27. The van der Waals surface area contributed by atoms with Crippen molar-refractivity contribution < 1.29 is 19.1 Å². The Morgan fingerprint density at radius 1 is 0.970 bits per heavy atom. The average molecular weight is 449 g/mol. The van der Waals surface area contributed by atoms with Crippen molar-refractivity contribution in [2.24, 2.45) is 5.10 Å². The normalized spacial score (nSPS) is 15.8. The van der Waals surface area contributed by atoms with E-state index >= 15 is 0 Å². The first-order valence-electron chi connectivity index (χ1n) is 11.2. The van der Waals surface area contributed by atoms with Crippen LogP contribution in [0.25, 0.3) is 0 Å². The summed E-state index contributed by atoms with van der Waals surface area (Å²) in [6.07, 6.45) is 0.820. The molecule has 1 N–H and O–H groups in total. The fraction of sp³-hybridized carbons (Fsp3) is 0.360. The minimum absolute atomic E-state index is 0.0482. The minimum Gasteiger partial charge on any atom is -0.378 e. The molecule has 8 nitrogen and oxygen atoms in total. The molecule has 172 valence electrons. The monoisotopic (exact) mass is 448 g/mol. The van der Waals surface area contributed by atoms with E-state index in [9.17, 15) is 14.4 Å². The molecule has 2 aromatic rings. The number of morpholine rings is 1. The van der Waals surface area contributed by atoms with Crippen molar-refractivity contribution in [3.8, 4) is 0 Å². The number of carbonyl (C=O) groups excluding carboxylic acids is 3. The van der Waals surface area contributed by atoms with Crippen LogP contribution in [0.4, 0.5) is 5.69 Å². The summed E-state index contributed by atoms with van der Waals surface area (Å²) < 4.78 is 5.31. The van der Waals surface area contributed by atoms with E-state index in [2.05, 4.69) is 10.4 Å². The number of ether oxygens (including phenoxy) is 1. The van der Waals surface area contributed by atoms with Gasteiger partial charge in [-0.15, -0.1) is 0 Å². The highest BCUT2D eigenvalue weighted by molar-refractivity contribution is 6.03. The summed E-state index contributed by atoms with van der Waals surface area (Å²) in [5, 5.41) is 8.72. The number of nitrogens with zero attached hydrogens (tertiary/aromatic N) is 3. The zero-order valence-electron chi connectivity index (χ0n) is 18.8. The van der Waals surface area contributed by atoms with Gasteiger partial charge in [0, 0.05) is 43.6 Å². The Morgan fingerprint density at radius 2 is 1.73 bits per heavy atom. The molecular weight excluding hydrogens is 420 g/mol. The Bertz CT molecular complexity index is 1060. The van der Waals surface area contributed by atoms with Gasteiger partial charge in [0.1, 0.15) is 0 Å². The first-order chi connectivity index (χ1) is 16.0. The van der Waals surface area contributed by atoms with E-state index in [4.69, 9.17) is 4.74 Å². The molecule has 0 spiro atoms. The molecule has 8 heteroatoms. The molecule has 1 saturated heterocycles. The minimum atomic E-state index is -0.270. The molecule has 33 heavy (non-hydrogen) atoms. The van der Waals surface area contributed by atoms with Gasteiger partial charge in [0.2, 0.25) is 11.8 Å². The summed E-state index contributed by atoms with van der Waals surface area (Å²) >= 11 is 0. The van der Waals surface area contributed by atoms with E-state index in [1.807, 2.05) is 37.3 Å². The summed E-state index contributed by atoms with van der Waals surface area (Å²) in [4.78, 5) is 39.7. The molecule has 4 rings (SSSR count). The number of hydrogen-bond acceptors (Lipinski definition) is 5. The van der Waals surface area contributed by atoms with Gasteiger partial charge < -0.3 is 15.0 Å². The number of carbonyl (C=O) groups is 3. The van der Waals surface area contributed by atoms with Crippen LogP contribution in [-0.2, 0) is 14.3 Å². The van der Waals surface area contributed by atoms with E-state index < -0.39 is 0 Å². The third-order valence-electron chi connectivity index (χ3n) is 5.90. The topological polar surface area (TPSA) is 91.3 Å². The van der Waals surface area contributed by atoms with E-state index in [-0.39, 0.29) is 30.6 Å². The van der Waals surface area contributed by atoms with E-state index in [0.717, 1.165) is 11.3 Å². The Labute approximate surface area is 193 Å². The highest BCUT2D eigenvalue weighted by atomic mass is 16.5.